The van der Waals surface area contributed by atoms with E-state index in [0.717, 1.165) is 18.6 Å². The van der Waals surface area contributed by atoms with Crippen LogP contribution in [0.15, 0.2) is 42.1 Å². The molecule has 1 fully saturated rings. The van der Waals surface area contributed by atoms with E-state index in [2.05, 4.69) is 33.8 Å². The van der Waals surface area contributed by atoms with E-state index < -0.39 is 6.36 Å². The van der Waals surface area contributed by atoms with Gasteiger partial charge < -0.3 is 14.3 Å². The van der Waals surface area contributed by atoms with Crippen LogP contribution in [0.3, 0.4) is 0 Å². The molecular formula is C20H25F3N4O3. The highest BCUT2D eigenvalue weighted by Gasteiger charge is 2.42. The molecule has 3 rings (SSSR count). The summed E-state index contributed by atoms with van der Waals surface area (Å²) in [6, 6.07) is 5.39. The first-order valence-corrected chi connectivity index (χ1v) is 9.60. The molecule has 7 nitrogen and oxygen atoms in total. The van der Waals surface area contributed by atoms with Crippen molar-refractivity contribution in [3.63, 3.8) is 0 Å². The molecule has 1 heterocycles. The Bertz CT molecular complexity index is 836. The SMILES string of the molecule is CO/N=C1\[C@@H](Cn2cncn2)[C@H](COc2ccc(OC(F)(F)F)cc2)CCC1(C)C. The van der Waals surface area contributed by atoms with Gasteiger partial charge in [0.2, 0.25) is 0 Å². The van der Waals surface area contributed by atoms with E-state index in [1.165, 1.54) is 37.7 Å². The third kappa shape index (κ3) is 5.64. The van der Waals surface area contributed by atoms with Crippen LogP contribution in [0.4, 0.5) is 13.2 Å². The van der Waals surface area contributed by atoms with Gasteiger partial charge in [0.15, 0.2) is 0 Å². The highest BCUT2D eigenvalue weighted by atomic mass is 19.4. The van der Waals surface area contributed by atoms with Crippen molar-refractivity contribution >= 4 is 5.71 Å². The van der Waals surface area contributed by atoms with Crippen LogP contribution in [0.1, 0.15) is 26.7 Å². The molecule has 10 heteroatoms. The van der Waals surface area contributed by atoms with Crippen LogP contribution < -0.4 is 9.47 Å². The van der Waals surface area contributed by atoms with Gasteiger partial charge in [-0.1, -0.05) is 19.0 Å². The predicted molar refractivity (Wildman–Crippen MR) is 103 cm³/mol. The number of aromatic nitrogens is 3. The summed E-state index contributed by atoms with van der Waals surface area (Å²) in [4.78, 5) is 9.13. The Labute approximate surface area is 172 Å². The van der Waals surface area contributed by atoms with E-state index in [-0.39, 0.29) is 23.0 Å². The molecule has 30 heavy (non-hydrogen) atoms. The lowest BCUT2D eigenvalue weighted by Crippen LogP contribution is -2.44. The molecule has 0 amide bonds. The van der Waals surface area contributed by atoms with E-state index in [4.69, 9.17) is 9.57 Å². The van der Waals surface area contributed by atoms with Crippen LogP contribution >= 0.6 is 0 Å². The number of oxime groups is 1. The zero-order valence-electron chi connectivity index (χ0n) is 17.1. The summed E-state index contributed by atoms with van der Waals surface area (Å²) in [6.45, 7) is 5.24. The lowest BCUT2D eigenvalue weighted by atomic mass is 9.65. The van der Waals surface area contributed by atoms with Crippen LogP contribution in [0.5, 0.6) is 11.5 Å². The van der Waals surface area contributed by atoms with Crippen molar-refractivity contribution in [3.05, 3.63) is 36.9 Å². The maximum absolute atomic E-state index is 12.3. The number of benzene rings is 1. The zero-order chi connectivity index (χ0) is 21.8. The minimum Gasteiger partial charge on any atom is -0.493 e. The molecule has 2 aromatic rings. The van der Waals surface area contributed by atoms with Crippen LogP contribution in [0.25, 0.3) is 0 Å². The molecule has 0 radical (unpaired) electrons. The molecule has 0 N–H and O–H groups in total. The predicted octanol–water partition coefficient (Wildman–Crippen LogP) is 4.31. The van der Waals surface area contributed by atoms with Gasteiger partial charge in [0.05, 0.1) is 18.9 Å². The Morgan fingerprint density at radius 2 is 1.90 bits per heavy atom. The lowest BCUT2D eigenvalue weighted by molar-refractivity contribution is -0.274. The lowest BCUT2D eigenvalue weighted by Gasteiger charge is -2.41. The molecule has 1 aliphatic carbocycles. The highest BCUT2D eigenvalue weighted by molar-refractivity contribution is 5.92. The third-order valence-corrected chi connectivity index (χ3v) is 5.32. The Kier molecular flexibility index (Phi) is 6.52. The van der Waals surface area contributed by atoms with Crippen LogP contribution in [-0.4, -0.2) is 40.6 Å². The van der Waals surface area contributed by atoms with Crippen molar-refractivity contribution in [3.8, 4) is 11.5 Å². The van der Waals surface area contributed by atoms with Gasteiger partial charge in [0.25, 0.3) is 0 Å². The number of halogens is 3. The van der Waals surface area contributed by atoms with Crippen molar-refractivity contribution in [2.24, 2.45) is 22.4 Å². The summed E-state index contributed by atoms with van der Waals surface area (Å²) in [6.07, 6.45) is 0.239. The summed E-state index contributed by atoms with van der Waals surface area (Å²) >= 11 is 0. The Balaban J connectivity index is 1.72. The van der Waals surface area contributed by atoms with E-state index in [0.29, 0.717) is 18.9 Å². The van der Waals surface area contributed by atoms with Crippen molar-refractivity contribution in [1.29, 1.82) is 0 Å². The van der Waals surface area contributed by atoms with Gasteiger partial charge in [-0.05, 0) is 37.1 Å². The van der Waals surface area contributed by atoms with Crippen LogP contribution in [0.2, 0.25) is 0 Å². The second-order valence-corrected chi connectivity index (χ2v) is 7.90. The molecule has 1 aromatic carbocycles. The minimum atomic E-state index is -4.72. The molecule has 2 atom stereocenters. The van der Waals surface area contributed by atoms with Crippen LogP contribution in [-0.2, 0) is 11.4 Å². The van der Waals surface area contributed by atoms with Gasteiger partial charge in [-0.2, -0.15) is 5.10 Å². The van der Waals surface area contributed by atoms with E-state index in [9.17, 15) is 13.2 Å². The number of hydrogen-bond acceptors (Lipinski definition) is 6. The third-order valence-electron chi connectivity index (χ3n) is 5.32. The van der Waals surface area contributed by atoms with E-state index >= 15 is 0 Å². The molecule has 0 bridgehead atoms. The van der Waals surface area contributed by atoms with Gasteiger partial charge in [-0.3, -0.25) is 4.68 Å². The summed E-state index contributed by atoms with van der Waals surface area (Å²) in [7, 11) is 1.53. The molecule has 1 saturated carbocycles. The Morgan fingerprint density at radius 3 is 2.50 bits per heavy atom. The quantitative estimate of drug-likeness (QED) is 0.617. The molecule has 0 saturated heterocycles. The topological polar surface area (TPSA) is 70.8 Å². The number of ether oxygens (including phenoxy) is 2. The Hall–Kier alpha value is -2.78. The number of hydrogen-bond donors (Lipinski definition) is 0. The largest absolute Gasteiger partial charge is 0.573 e. The van der Waals surface area contributed by atoms with E-state index in [1.54, 1.807) is 11.0 Å². The van der Waals surface area contributed by atoms with Crippen molar-refractivity contribution < 1.29 is 27.5 Å². The normalized spacial score (nSPS) is 22.7. The minimum absolute atomic E-state index is 0.0169. The van der Waals surface area contributed by atoms with Gasteiger partial charge in [0, 0.05) is 17.3 Å². The molecular weight excluding hydrogens is 401 g/mol. The summed E-state index contributed by atoms with van der Waals surface area (Å²) in [5.74, 6) is 0.331. The second kappa shape index (κ2) is 8.93. The molecule has 164 valence electrons. The number of nitrogens with zero attached hydrogens (tertiary/aromatic N) is 4. The molecule has 0 aliphatic heterocycles. The fraction of sp³-hybridized carbons (Fsp3) is 0.550. The first-order valence-electron chi connectivity index (χ1n) is 9.60. The van der Waals surface area contributed by atoms with Crippen molar-refractivity contribution in [1.82, 2.24) is 14.8 Å². The fourth-order valence-electron chi connectivity index (χ4n) is 3.79. The highest BCUT2D eigenvalue weighted by Crippen LogP contribution is 2.41. The average Bonchev–Trinajstić information content (AvgIpc) is 3.17. The van der Waals surface area contributed by atoms with Crippen molar-refractivity contribution in [2.45, 2.75) is 39.6 Å². The monoisotopic (exact) mass is 426 g/mol. The smallest absolute Gasteiger partial charge is 0.493 e. The van der Waals surface area contributed by atoms with Crippen LogP contribution in [0, 0.1) is 17.3 Å². The summed E-state index contributed by atoms with van der Waals surface area (Å²) in [5, 5.41) is 8.53. The number of alkyl halides is 3. The molecule has 0 unspecified atom stereocenters. The van der Waals surface area contributed by atoms with Gasteiger partial charge in [-0.15, -0.1) is 13.2 Å². The van der Waals surface area contributed by atoms with Gasteiger partial charge in [0.1, 0.15) is 31.3 Å². The summed E-state index contributed by atoms with van der Waals surface area (Å²) < 4.78 is 48.5. The van der Waals surface area contributed by atoms with E-state index in [1.807, 2.05) is 0 Å². The maximum atomic E-state index is 12.3. The first-order chi connectivity index (χ1) is 14.2. The van der Waals surface area contributed by atoms with Gasteiger partial charge >= 0.3 is 6.36 Å². The number of rotatable bonds is 7. The standard InChI is InChI=1S/C20H25F3N4O3/c1-19(2)9-8-14(17(18(19)26-28-3)10-27-13-24-12-25-27)11-29-15-4-6-16(7-5-15)30-20(21,22)23/h4-7,12-14,17H,8-11H2,1-3H3/b26-18+/t14-,17-/m0/s1. The van der Waals surface area contributed by atoms with Crippen molar-refractivity contribution in [2.75, 3.05) is 13.7 Å². The second-order valence-electron chi connectivity index (χ2n) is 7.90. The first kappa shape index (κ1) is 21.9. The molecule has 1 aliphatic rings. The molecule has 1 aromatic heterocycles. The summed E-state index contributed by atoms with van der Waals surface area (Å²) in [5.41, 5.74) is 0.809. The fourth-order valence-corrected chi connectivity index (χ4v) is 3.79. The molecule has 0 spiro atoms. The average molecular weight is 426 g/mol. The maximum Gasteiger partial charge on any atom is 0.573 e. The zero-order valence-corrected chi connectivity index (χ0v) is 17.1. The Morgan fingerprint density at radius 1 is 1.20 bits per heavy atom. The van der Waals surface area contributed by atoms with Gasteiger partial charge in [-0.25, -0.2) is 4.98 Å².